The molecule has 0 saturated carbocycles. The molecule has 1 atom stereocenters. The normalized spacial score (nSPS) is 16.1. The number of phenols is 1. The summed E-state index contributed by atoms with van der Waals surface area (Å²) in [5, 5.41) is 17.9. The second kappa shape index (κ2) is 7.45. The molecule has 0 saturated heterocycles. The largest absolute Gasteiger partial charge is 0.506 e. The van der Waals surface area contributed by atoms with E-state index >= 15 is 0 Å². The zero-order valence-corrected chi connectivity index (χ0v) is 14.3. The summed E-state index contributed by atoms with van der Waals surface area (Å²) in [6.07, 6.45) is 0.0827. The highest BCUT2D eigenvalue weighted by molar-refractivity contribution is 6.31. The average Bonchev–Trinajstić information content (AvgIpc) is 2.73. The van der Waals surface area contributed by atoms with Crippen molar-refractivity contribution in [1.82, 2.24) is 5.32 Å². The van der Waals surface area contributed by atoms with Crippen molar-refractivity contribution in [2.45, 2.75) is 18.9 Å². The first kappa shape index (κ1) is 17.8. The van der Waals surface area contributed by atoms with E-state index in [9.17, 15) is 19.5 Å². The fourth-order valence-electron chi connectivity index (χ4n) is 2.61. The van der Waals surface area contributed by atoms with Crippen LogP contribution in [0.2, 0.25) is 5.02 Å². The first-order valence-corrected chi connectivity index (χ1v) is 8.31. The Balaban J connectivity index is 1.62. The summed E-state index contributed by atoms with van der Waals surface area (Å²) in [5.41, 5.74) is 0.992. The highest BCUT2D eigenvalue weighted by atomic mass is 35.5. The summed E-state index contributed by atoms with van der Waals surface area (Å²) in [5.74, 6) is -1.29. The van der Waals surface area contributed by atoms with E-state index in [0.717, 1.165) is 0 Å². The molecule has 4 N–H and O–H groups in total. The molecular formula is C18H16ClN3O4. The third kappa shape index (κ3) is 3.94. The van der Waals surface area contributed by atoms with Crippen LogP contribution < -0.4 is 16.0 Å². The minimum atomic E-state index is -0.839. The molecule has 7 nitrogen and oxygen atoms in total. The van der Waals surface area contributed by atoms with Crippen molar-refractivity contribution in [2.75, 3.05) is 10.6 Å². The third-order valence-corrected chi connectivity index (χ3v) is 4.18. The zero-order valence-electron chi connectivity index (χ0n) is 13.6. The number of phenolic OH excluding ortho intramolecular Hbond substituents is 1. The number of para-hydroxylation sites is 1. The van der Waals surface area contributed by atoms with Crippen LogP contribution in [0.25, 0.3) is 0 Å². The van der Waals surface area contributed by atoms with Gasteiger partial charge in [-0.05, 0) is 36.8 Å². The molecule has 26 heavy (non-hydrogen) atoms. The molecule has 0 radical (unpaired) electrons. The van der Waals surface area contributed by atoms with Crippen LogP contribution in [0.5, 0.6) is 5.75 Å². The topological polar surface area (TPSA) is 108 Å². The standard InChI is InChI=1S/C18H16ClN3O4/c19-10-5-7-15(23)14(9-10)20-16(24)8-6-13-18(26)21-12-4-2-1-3-11(12)17(25)22-13/h1-5,7,9,13,23H,6,8H2,(H,20,24)(H,21,26)(H,22,25)/t13-/m0/s1. The van der Waals surface area contributed by atoms with Gasteiger partial charge in [0.15, 0.2) is 0 Å². The minimum absolute atomic E-state index is 0.0271. The van der Waals surface area contributed by atoms with Gasteiger partial charge in [0.25, 0.3) is 5.91 Å². The Bertz CT molecular complexity index is 884. The summed E-state index contributed by atoms with van der Waals surface area (Å²) in [6, 6.07) is 10.1. The summed E-state index contributed by atoms with van der Waals surface area (Å²) < 4.78 is 0. The van der Waals surface area contributed by atoms with Crippen molar-refractivity contribution in [2.24, 2.45) is 0 Å². The lowest BCUT2D eigenvalue weighted by Gasteiger charge is -2.14. The number of aromatic hydroxyl groups is 1. The highest BCUT2D eigenvalue weighted by Crippen LogP contribution is 2.27. The van der Waals surface area contributed by atoms with Crippen LogP contribution in [-0.2, 0) is 9.59 Å². The van der Waals surface area contributed by atoms with Crippen molar-refractivity contribution < 1.29 is 19.5 Å². The number of fused-ring (bicyclic) bond motifs is 1. The number of anilines is 2. The Morgan fingerprint density at radius 2 is 1.96 bits per heavy atom. The van der Waals surface area contributed by atoms with Crippen molar-refractivity contribution in [1.29, 1.82) is 0 Å². The van der Waals surface area contributed by atoms with Gasteiger partial charge < -0.3 is 21.1 Å². The van der Waals surface area contributed by atoms with Gasteiger partial charge in [0.05, 0.1) is 16.9 Å². The first-order chi connectivity index (χ1) is 12.4. The molecule has 1 heterocycles. The first-order valence-electron chi connectivity index (χ1n) is 7.93. The lowest BCUT2D eigenvalue weighted by Crippen LogP contribution is -2.41. The van der Waals surface area contributed by atoms with E-state index in [4.69, 9.17) is 11.6 Å². The Kier molecular flexibility index (Phi) is 5.09. The van der Waals surface area contributed by atoms with E-state index in [1.165, 1.54) is 18.2 Å². The zero-order chi connectivity index (χ0) is 18.7. The maximum atomic E-state index is 12.3. The molecule has 3 amide bonds. The predicted octanol–water partition coefficient (Wildman–Crippen LogP) is 2.52. The fourth-order valence-corrected chi connectivity index (χ4v) is 2.78. The number of hydrogen-bond donors (Lipinski definition) is 4. The molecule has 0 bridgehead atoms. The average molecular weight is 374 g/mol. The van der Waals surface area contributed by atoms with Gasteiger partial charge in [-0.1, -0.05) is 23.7 Å². The predicted molar refractivity (Wildman–Crippen MR) is 97.3 cm³/mol. The molecule has 1 aliphatic rings. The van der Waals surface area contributed by atoms with Crippen LogP contribution in [0.4, 0.5) is 11.4 Å². The smallest absolute Gasteiger partial charge is 0.254 e. The van der Waals surface area contributed by atoms with Crippen molar-refractivity contribution in [3.05, 3.63) is 53.1 Å². The molecule has 0 spiro atoms. The van der Waals surface area contributed by atoms with Crippen molar-refractivity contribution in [3.63, 3.8) is 0 Å². The van der Waals surface area contributed by atoms with Crippen LogP contribution in [0.1, 0.15) is 23.2 Å². The number of carbonyl (C=O) groups is 3. The lowest BCUT2D eigenvalue weighted by molar-refractivity contribution is -0.118. The van der Waals surface area contributed by atoms with Crippen LogP contribution >= 0.6 is 11.6 Å². The van der Waals surface area contributed by atoms with Gasteiger partial charge in [-0.3, -0.25) is 14.4 Å². The molecule has 134 valence electrons. The van der Waals surface area contributed by atoms with Gasteiger partial charge in [0, 0.05) is 11.4 Å². The Morgan fingerprint density at radius 1 is 1.19 bits per heavy atom. The third-order valence-electron chi connectivity index (χ3n) is 3.94. The SMILES string of the molecule is O=C(CC[C@@H]1NC(=O)c2ccccc2NC1=O)Nc1cc(Cl)ccc1O. The van der Waals surface area contributed by atoms with Gasteiger partial charge in [-0.2, -0.15) is 0 Å². The summed E-state index contributed by atoms with van der Waals surface area (Å²) in [6.45, 7) is 0. The molecule has 0 fully saturated rings. The molecular weight excluding hydrogens is 358 g/mol. The Hall–Kier alpha value is -3.06. The molecule has 0 aliphatic carbocycles. The number of amides is 3. The van der Waals surface area contributed by atoms with Crippen molar-refractivity contribution in [3.8, 4) is 5.75 Å². The minimum Gasteiger partial charge on any atom is -0.506 e. The van der Waals surface area contributed by atoms with Crippen molar-refractivity contribution >= 4 is 40.7 Å². The number of rotatable bonds is 4. The quantitative estimate of drug-likeness (QED) is 0.617. The maximum absolute atomic E-state index is 12.3. The summed E-state index contributed by atoms with van der Waals surface area (Å²) >= 11 is 5.83. The van der Waals surface area contributed by atoms with Crippen LogP contribution in [0, 0.1) is 0 Å². The summed E-state index contributed by atoms with van der Waals surface area (Å²) in [4.78, 5) is 36.6. The van der Waals surface area contributed by atoms with E-state index in [1.54, 1.807) is 24.3 Å². The van der Waals surface area contributed by atoms with Gasteiger partial charge in [-0.15, -0.1) is 0 Å². The van der Waals surface area contributed by atoms with E-state index in [-0.39, 0.29) is 36.1 Å². The number of carbonyl (C=O) groups excluding carboxylic acids is 3. The monoisotopic (exact) mass is 373 g/mol. The summed E-state index contributed by atoms with van der Waals surface area (Å²) in [7, 11) is 0. The molecule has 2 aromatic carbocycles. The second-order valence-corrected chi connectivity index (χ2v) is 6.25. The molecule has 8 heteroatoms. The van der Waals surface area contributed by atoms with Crippen LogP contribution in [0.3, 0.4) is 0 Å². The highest BCUT2D eigenvalue weighted by Gasteiger charge is 2.27. The van der Waals surface area contributed by atoms with E-state index < -0.39 is 11.9 Å². The number of benzene rings is 2. The van der Waals surface area contributed by atoms with Gasteiger partial charge in [0.1, 0.15) is 11.8 Å². The van der Waals surface area contributed by atoms with Crippen LogP contribution in [-0.4, -0.2) is 28.9 Å². The number of hydrogen-bond acceptors (Lipinski definition) is 4. The number of halogens is 1. The molecule has 0 unspecified atom stereocenters. The molecule has 2 aromatic rings. The van der Waals surface area contributed by atoms with E-state index in [2.05, 4.69) is 16.0 Å². The number of nitrogens with one attached hydrogen (secondary N) is 3. The maximum Gasteiger partial charge on any atom is 0.254 e. The molecule has 3 rings (SSSR count). The Labute approximate surface area is 154 Å². The van der Waals surface area contributed by atoms with Crippen LogP contribution in [0.15, 0.2) is 42.5 Å². The molecule has 1 aliphatic heterocycles. The lowest BCUT2D eigenvalue weighted by atomic mass is 10.1. The fraction of sp³-hybridized carbons (Fsp3) is 0.167. The Morgan fingerprint density at radius 3 is 2.77 bits per heavy atom. The molecule has 0 aromatic heterocycles. The van der Waals surface area contributed by atoms with Gasteiger partial charge >= 0.3 is 0 Å². The van der Waals surface area contributed by atoms with Gasteiger partial charge in [0.2, 0.25) is 11.8 Å². The second-order valence-electron chi connectivity index (χ2n) is 5.81. The van der Waals surface area contributed by atoms with Gasteiger partial charge in [-0.25, -0.2) is 0 Å². The van der Waals surface area contributed by atoms with E-state index in [1.807, 2.05) is 0 Å². The van der Waals surface area contributed by atoms with E-state index in [0.29, 0.717) is 16.3 Å².